The molecule has 17 heavy (non-hydrogen) atoms. The smallest absolute Gasteiger partial charge is 0.0366 e. The summed E-state index contributed by atoms with van der Waals surface area (Å²) in [6.45, 7) is 6.80. The molecule has 1 aliphatic rings. The molecule has 0 aliphatic carbocycles. The summed E-state index contributed by atoms with van der Waals surface area (Å²) in [5, 5.41) is 3.52. The van der Waals surface area contributed by atoms with Crippen molar-refractivity contribution in [3.8, 4) is 0 Å². The van der Waals surface area contributed by atoms with E-state index in [1.54, 1.807) is 0 Å². The molecule has 1 N–H and O–H groups in total. The maximum Gasteiger partial charge on any atom is 0.0366 e. The Bertz CT molecular complexity index is 362. The molecule has 0 radical (unpaired) electrons. The van der Waals surface area contributed by atoms with Crippen LogP contribution in [0.15, 0.2) is 24.3 Å². The minimum Gasteiger partial charge on any atom is -0.374 e. The molecule has 1 aliphatic heterocycles. The van der Waals surface area contributed by atoms with Gasteiger partial charge in [0, 0.05) is 25.3 Å². The molecule has 2 nitrogen and oxygen atoms in total. The fourth-order valence-electron chi connectivity index (χ4n) is 2.76. The molecule has 1 heterocycles. The minimum atomic E-state index is 0.680. The number of hydrogen-bond donors (Lipinski definition) is 1. The summed E-state index contributed by atoms with van der Waals surface area (Å²) in [6.07, 6.45) is 2.61. The Hall–Kier alpha value is -1.02. The molecule has 94 valence electrons. The topological polar surface area (TPSA) is 15.3 Å². The van der Waals surface area contributed by atoms with Gasteiger partial charge < -0.3 is 10.2 Å². The summed E-state index contributed by atoms with van der Waals surface area (Å²) >= 11 is 0. The zero-order valence-electron chi connectivity index (χ0n) is 11.2. The monoisotopic (exact) mass is 232 g/mol. The van der Waals surface area contributed by atoms with Crippen LogP contribution >= 0.6 is 0 Å². The standard InChI is InChI=1S/C15H24N2/c1-12-5-4-6-15(9-12)17(3)11-14-7-8-16-13(2)10-14/h4-6,9,13-14,16H,7-8,10-11H2,1-3H3. The molecule has 0 bridgehead atoms. The second-order valence-electron chi connectivity index (χ2n) is 5.47. The molecule has 1 aromatic rings. The van der Waals surface area contributed by atoms with Crippen LogP contribution in [-0.2, 0) is 0 Å². The highest BCUT2D eigenvalue weighted by molar-refractivity contribution is 5.47. The molecule has 2 unspecified atom stereocenters. The van der Waals surface area contributed by atoms with Crippen molar-refractivity contribution in [3.05, 3.63) is 29.8 Å². The first-order valence-corrected chi connectivity index (χ1v) is 6.66. The fraction of sp³-hybridized carbons (Fsp3) is 0.600. The van der Waals surface area contributed by atoms with Gasteiger partial charge in [-0.15, -0.1) is 0 Å². The predicted molar refractivity (Wildman–Crippen MR) is 74.6 cm³/mol. The Labute approximate surface area is 105 Å². The van der Waals surface area contributed by atoms with E-state index in [2.05, 4.69) is 55.4 Å². The van der Waals surface area contributed by atoms with Crippen molar-refractivity contribution in [2.75, 3.05) is 25.0 Å². The number of anilines is 1. The van der Waals surface area contributed by atoms with Crippen molar-refractivity contribution in [2.24, 2.45) is 5.92 Å². The van der Waals surface area contributed by atoms with E-state index in [4.69, 9.17) is 0 Å². The van der Waals surface area contributed by atoms with Crippen molar-refractivity contribution < 1.29 is 0 Å². The first-order valence-electron chi connectivity index (χ1n) is 6.66. The highest BCUT2D eigenvalue weighted by Gasteiger charge is 2.19. The molecule has 2 heteroatoms. The molecule has 1 aromatic carbocycles. The van der Waals surface area contributed by atoms with Crippen molar-refractivity contribution >= 4 is 5.69 Å². The largest absolute Gasteiger partial charge is 0.374 e. The van der Waals surface area contributed by atoms with Crippen molar-refractivity contribution in [2.45, 2.75) is 32.7 Å². The zero-order valence-corrected chi connectivity index (χ0v) is 11.2. The highest BCUT2D eigenvalue weighted by Crippen LogP contribution is 2.21. The van der Waals surface area contributed by atoms with E-state index in [0.29, 0.717) is 6.04 Å². The highest BCUT2D eigenvalue weighted by atomic mass is 15.1. The van der Waals surface area contributed by atoms with Gasteiger partial charge in [0.1, 0.15) is 0 Å². The van der Waals surface area contributed by atoms with Crippen molar-refractivity contribution in [3.63, 3.8) is 0 Å². The van der Waals surface area contributed by atoms with Gasteiger partial charge >= 0.3 is 0 Å². The second kappa shape index (κ2) is 5.54. The van der Waals surface area contributed by atoms with Gasteiger partial charge in [0.15, 0.2) is 0 Å². The first-order chi connectivity index (χ1) is 8.15. The predicted octanol–water partition coefficient (Wildman–Crippen LogP) is 2.82. The quantitative estimate of drug-likeness (QED) is 0.862. The number of piperidine rings is 1. The van der Waals surface area contributed by atoms with Gasteiger partial charge in [-0.2, -0.15) is 0 Å². The molecular formula is C15H24N2. The molecule has 2 atom stereocenters. The third kappa shape index (κ3) is 3.47. The van der Waals surface area contributed by atoms with Gasteiger partial charge in [-0.3, -0.25) is 0 Å². The average molecular weight is 232 g/mol. The number of nitrogens with one attached hydrogen (secondary N) is 1. The van der Waals surface area contributed by atoms with E-state index in [-0.39, 0.29) is 0 Å². The Morgan fingerprint density at radius 3 is 2.94 bits per heavy atom. The lowest BCUT2D eigenvalue weighted by molar-refractivity contribution is 0.319. The second-order valence-corrected chi connectivity index (χ2v) is 5.47. The molecule has 0 amide bonds. The summed E-state index contributed by atoms with van der Waals surface area (Å²) in [7, 11) is 2.21. The average Bonchev–Trinajstić information content (AvgIpc) is 2.29. The van der Waals surface area contributed by atoms with Crippen molar-refractivity contribution in [1.82, 2.24) is 5.32 Å². The van der Waals surface area contributed by atoms with E-state index in [1.807, 2.05) is 0 Å². The lowest BCUT2D eigenvalue weighted by Gasteiger charge is -2.32. The van der Waals surface area contributed by atoms with E-state index in [9.17, 15) is 0 Å². The molecule has 1 saturated heterocycles. The fourth-order valence-corrected chi connectivity index (χ4v) is 2.76. The summed E-state index contributed by atoms with van der Waals surface area (Å²) in [4.78, 5) is 2.40. The van der Waals surface area contributed by atoms with Crippen LogP contribution in [-0.4, -0.2) is 26.2 Å². The summed E-state index contributed by atoms with van der Waals surface area (Å²) in [5.74, 6) is 0.830. The van der Waals surface area contributed by atoms with Gasteiger partial charge in [0.25, 0.3) is 0 Å². The number of benzene rings is 1. The molecule has 0 aromatic heterocycles. The van der Waals surface area contributed by atoms with Gasteiger partial charge in [-0.05, 0) is 56.8 Å². The van der Waals surface area contributed by atoms with Crippen LogP contribution in [0.2, 0.25) is 0 Å². The third-order valence-electron chi connectivity index (χ3n) is 3.71. The van der Waals surface area contributed by atoms with Crippen LogP contribution in [0.25, 0.3) is 0 Å². The maximum atomic E-state index is 3.52. The van der Waals surface area contributed by atoms with E-state index in [0.717, 1.165) is 5.92 Å². The maximum absolute atomic E-state index is 3.52. The van der Waals surface area contributed by atoms with Gasteiger partial charge in [0.2, 0.25) is 0 Å². The first kappa shape index (κ1) is 12.4. The van der Waals surface area contributed by atoms with E-state index >= 15 is 0 Å². The van der Waals surface area contributed by atoms with E-state index in [1.165, 1.54) is 37.2 Å². The van der Waals surface area contributed by atoms with Crippen molar-refractivity contribution in [1.29, 1.82) is 0 Å². The van der Waals surface area contributed by atoms with Gasteiger partial charge in [0.05, 0.1) is 0 Å². The summed E-state index contributed by atoms with van der Waals surface area (Å²) in [5.41, 5.74) is 2.68. The minimum absolute atomic E-state index is 0.680. The van der Waals surface area contributed by atoms with Crippen LogP contribution in [0.3, 0.4) is 0 Å². The Morgan fingerprint density at radius 1 is 1.41 bits per heavy atom. The molecule has 2 rings (SSSR count). The number of rotatable bonds is 3. The Kier molecular flexibility index (Phi) is 4.06. The van der Waals surface area contributed by atoms with Gasteiger partial charge in [-0.1, -0.05) is 12.1 Å². The number of hydrogen-bond acceptors (Lipinski definition) is 2. The SMILES string of the molecule is Cc1cccc(N(C)CC2CCNC(C)C2)c1. The molecular weight excluding hydrogens is 208 g/mol. The third-order valence-corrected chi connectivity index (χ3v) is 3.71. The van der Waals surface area contributed by atoms with Crippen LogP contribution in [0.4, 0.5) is 5.69 Å². The zero-order chi connectivity index (χ0) is 12.3. The number of aryl methyl sites for hydroxylation is 1. The lowest BCUT2D eigenvalue weighted by atomic mass is 9.93. The Balaban J connectivity index is 1.94. The normalized spacial score (nSPS) is 24.6. The molecule has 0 saturated carbocycles. The van der Waals surface area contributed by atoms with Crippen LogP contribution in [0.5, 0.6) is 0 Å². The molecule has 1 fully saturated rings. The Morgan fingerprint density at radius 2 is 2.24 bits per heavy atom. The molecule has 0 spiro atoms. The van der Waals surface area contributed by atoms with Crippen LogP contribution in [0.1, 0.15) is 25.3 Å². The van der Waals surface area contributed by atoms with E-state index < -0.39 is 0 Å². The van der Waals surface area contributed by atoms with Crippen LogP contribution in [0, 0.1) is 12.8 Å². The van der Waals surface area contributed by atoms with Crippen LogP contribution < -0.4 is 10.2 Å². The van der Waals surface area contributed by atoms with Gasteiger partial charge in [-0.25, -0.2) is 0 Å². The number of nitrogens with zero attached hydrogens (tertiary/aromatic N) is 1. The summed E-state index contributed by atoms with van der Waals surface area (Å²) in [6, 6.07) is 9.46. The summed E-state index contributed by atoms with van der Waals surface area (Å²) < 4.78 is 0. The lowest BCUT2D eigenvalue weighted by Crippen LogP contribution is -2.39.